The summed E-state index contributed by atoms with van der Waals surface area (Å²) in [5.41, 5.74) is 0. The summed E-state index contributed by atoms with van der Waals surface area (Å²) in [5, 5.41) is 12.3. The van der Waals surface area contributed by atoms with Crippen molar-refractivity contribution in [3.63, 3.8) is 0 Å². The van der Waals surface area contributed by atoms with Gasteiger partial charge in [-0.3, -0.25) is 0 Å². The Bertz CT molecular complexity index is 684. The van der Waals surface area contributed by atoms with E-state index in [-0.39, 0.29) is 0 Å². The maximum Gasteiger partial charge on any atom is 0.152 e. The lowest BCUT2D eigenvalue weighted by molar-refractivity contribution is 0.139. The summed E-state index contributed by atoms with van der Waals surface area (Å²) < 4.78 is 7.59. The van der Waals surface area contributed by atoms with Gasteiger partial charge in [0.25, 0.3) is 0 Å². The highest BCUT2D eigenvalue weighted by atomic mass is 35.5. The van der Waals surface area contributed by atoms with Crippen molar-refractivity contribution in [3.05, 3.63) is 28.7 Å². The first-order chi connectivity index (χ1) is 10.8. The second-order valence-electron chi connectivity index (χ2n) is 5.61. The highest BCUT2D eigenvalue weighted by Crippen LogP contribution is 2.38. The van der Waals surface area contributed by atoms with Crippen LogP contribution in [0.4, 0.5) is 5.82 Å². The number of rotatable bonds is 4. The third kappa shape index (κ3) is 2.91. The zero-order valence-electron chi connectivity index (χ0n) is 12.1. The summed E-state index contributed by atoms with van der Waals surface area (Å²) >= 11 is 6.08. The van der Waals surface area contributed by atoms with Crippen LogP contribution >= 0.6 is 11.6 Å². The first-order valence-electron chi connectivity index (χ1n) is 7.56. The van der Waals surface area contributed by atoms with E-state index in [0.717, 1.165) is 49.1 Å². The molecule has 1 fully saturated rings. The monoisotopic (exact) mass is 320 g/mol. The van der Waals surface area contributed by atoms with Crippen LogP contribution in [0, 0.1) is 0 Å². The van der Waals surface area contributed by atoms with Gasteiger partial charge in [-0.2, -0.15) is 0 Å². The topological polar surface area (TPSA) is 77.8 Å². The molecule has 1 aliphatic heterocycles. The summed E-state index contributed by atoms with van der Waals surface area (Å²) in [6, 6.07) is 1.75. The predicted octanol–water partition coefficient (Wildman–Crippen LogP) is 1.78. The molecule has 0 aromatic carbocycles. The van der Waals surface area contributed by atoms with Gasteiger partial charge in [0, 0.05) is 24.9 Å². The average Bonchev–Trinajstić information content (AvgIpc) is 3.31. The molecule has 0 saturated heterocycles. The van der Waals surface area contributed by atoms with Crippen LogP contribution < -0.4 is 5.32 Å². The highest BCUT2D eigenvalue weighted by Gasteiger charge is 2.27. The Morgan fingerprint density at radius 3 is 3.05 bits per heavy atom. The fourth-order valence-electron chi connectivity index (χ4n) is 2.59. The van der Waals surface area contributed by atoms with Crippen LogP contribution in [0.5, 0.6) is 0 Å². The number of aromatic nitrogens is 5. The molecular weight excluding hydrogens is 304 g/mol. The Hall–Kier alpha value is -1.73. The Balaban J connectivity index is 1.50. The van der Waals surface area contributed by atoms with Crippen LogP contribution in [0.3, 0.4) is 0 Å². The van der Waals surface area contributed by atoms with Gasteiger partial charge in [0.05, 0.1) is 19.8 Å². The summed E-state index contributed by atoms with van der Waals surface area (Å²) in [7, 11) is 0. The van der Waals surface area contributed by atoms with Gasteiger partial charge in [-0.25, -0.2) is 9.97 Å². The van der Waals surface area contributed by atoms with Gasteiger partial charge < -0.3 is 14.6 Å². The lowest BCUT2D eigenvalue weighted by Gasteiger charge is -2.09. The largest absolute Gasteiger partial charge is 0.379 e. The quantitative estimate of drug-likeness (QED) is 0.865. The summed E-state index contributed by atoms with van der Waals surface area (Å²) in [4.78, 5) is 8.82. The molecule has 22 heavy (non-hydrogen) atoms. The number of ether oxygens (including phenoxy) is 1. The van der Waals surface area contributed by atoms with E-state index in [1.165, 1.54) is 0 Å². The van der Waals surface area contributed by atoms with Gasteiger partial charge in [0.2, 0.25) is 0 Å². The van der Waals surface area contributed by atoms with E-state index in [1.807, 2.05) is 0 Å². The minimum atomic E-state index is 0.473. The number of halogens is 1. The minimum Gasteiger partial charge on any atom is -0.379 e. The van der Waals surface area contributed by atoms with E-state index in [0.29, 0.717) is 30.8 Å². The average molecular weight is 321 g/mol. The molecule has 1 aliphatic carbocycles. The Kier molecular flexibility index (Phi) is 3.67. The Morgan fingerprint density at radius 1 is 1.27 bits per heavy atom. The molecule has 0 atom stereocenters. The number of nitrogens with zero attached hydrogens (tertiary/aromatic N) is 5. The van der Waals surface area contributed by atoms with Crippen molar-refractivity contribution >= 4 is 17.4 Å². The maximum absolute atomic E-state index is 6.08. The Morgan fingerprint density at radius 2 is 2.18 bits per heavy atom. The standard InChI is InChI=1S/C14H17ClN6O/c15-10-7-11(18-14(17-10)9-1-2-9)16-8-13-20-19-12-3-5-22-6-4-21(12)13/h7,9H,1-6,8H2,(H,16,17,18). The van der Waals surface area contributed by atoms with E-state index >= 15 is 0 Å². The van der Waals surface area contributed by atoms with Gasteiger partial charge in [-0.1, -0.05) is 11.6 Å². The zero-order valence-corrected chi connectivity index (χ0v) is 12.9. The molecule has 2 aromatic heterocycles. The van der Waals surface area contributed by atoms with Crippen molar-refractivity contribution < 1.29 is 4.74 Å². The first kappa shape index (κ1) is 13.9. The van der Waals surface area contributed by atoms with Crippen molar-refractivity contribution in [3.8, 4) is 0 Å². The van der Waals surface area contributed by atoms with Crippen LogP contribution in [0.2, 0.25) is 5.15 Å². The van der Waals surface area contributed by atoms with Crippen molar-refractivity contribution in [2.75, 3.05) is 18.5 Å². The number of hydrogen-bond donors (Lipinski definition) is 1. The van der Waals surface area contributed by atoms with Crippen LogP contribution in [-0.2, 0) is 24.2 Å². The van der Waals surface area contributed by atoms with Gasteiger partial charge in [0.15, 0.2) is 5.82 Å². The van der Waals surface area contributed by atoms with E-state index < -0.39 is 0 Å². The van der Waals surface area contributed by atoms with E-state index in [4.69, 9.17) is 16.3 Å². The molecule has 0 amide bonds. The molecule has 7 nitrogen and oxygen atoms in total. The zero-order chi connectivity index (χ0) is 14.9. The first-order valence-corrected chi connectivity index (χ1v) is 7.94. The van der Waals surface area contributed by atoms with Gasteiger partial charge in [0.1, 0.15) is 22.6 Å². The normalized spacial score (nSPS) is 17.9. The van der Waals surface area contributed by atoms with Crippen LogP contribution in [0.1, 0.15) is 36.2 Å². The highest BCUT2D eigenvalue weighted by molar-refractivity contribution is 6.29. The summed E-state index contributed by atoms with van der Waals surface area (Å²) in [6.07, 6.45) is 3.10. The number of anilines is 1. The maximum atomic E-state index is 6.08. The SMILES string of the molecule is Clc1cc(NCc2nnc3n2CCOCC3)nc(C2CC2)n1. The van der Waals surface area contributed by atoms with Crippen molar-refractivity contribution in [2.45, 2.75) is 38.3 Å². The molecule has 0 unspecified atom stereocenters. The molecule has 0 bridgehead atoms. The molecule has 4 rings (SSSR count). The molecule has 1 N–H and O–H groups in total. The Labute approximate surface area is 133 Å². The molecular formula is C14H17ClN6O. The van der Waals surface area contributed by atoms with Crippen molar-refractivity contribution in [1.29, 1.82) is 0 Å². The van der Waals surface area contributed by atoms with Crippen molar-refractivity contribution in [1.82, 2.24) is 24.7 Å². The lowest BCUT2D eigenvalue weighted by atomic mass is 10.4. The molecule has 1 saturated carbocycles. The molecule has 116 valence electrons. The van der Waals surface area contributed by atoms with Crippen LogP contribution in [-0.4, -0.2) is 37.9 Å². The van der Waals surface area contributed by atoms with E-state index in [1.54, 1.807) is 6.07 Å². The second-order valence-corrected chi connectivity index (χ2v) is 6.00. The van der Waals surface area contributed by atoms with Gasteiger partial charge >= 0.3 is 0 Å². The third-order valence-corrected chi connectivity index (χ3v) is 4.11. The van der Waals surface area contributed by atoms with Gasteiger partial charge in [-0.15, -0.1) is 10.2 Å². The lowest BCUT2D eigenvalue weighted by Crippen LogP contribution is -2.13. The van der Waals surface area contributed by atoms with Crippen LogP contribution in [0.25, 0.3) is 0 Å². The predicted molar refractivity (Wildman–Crippen MR) is 80.9 cm³/mol. The number of nitrogens with one attached hydrogen (secondary N) is 1. The van der Waals surface area contributed by atoms with E-state index in [9.17, 15) is 0 Å². The number of hydrogen-bond acceptors (Lipinski definition) is 6. The summed E-state index contributed by atoms with van der Waals surface area (Å²) in [6.45, 7) is 2.75. The fourth-order valence-corrected chi connectivity index (χ4v) is 2.78. The van der Waals surface area contributed by atoms with Crippen LogP contribution in [0.15, 0.2) is 6.07 Å². The molecule has 2 aliphatic rings. The van der Waals surface area contributed by atoms with Gasteiger partial charge in [-0.05, 0) is 12.8 Å². The second kappa shape index (κ2) is 5.81. The molecule has 3 heterocycles. The molecule has 0 spiro atoms. The molecule has 0 radical (unpaired) electrons. The van der Waals surface area contributed by atoms with E-state index in [2.05, 4.69) is 30.0 Å². The minimum absolute atomic E-state index is 0.473. The third-order valence-electron chi connectivity index (χ3n) is 3.92. The van der Waals surface area contributed by atoms with Crippen molar-refractivity contribution in [2.24, 2.45) is 0 Å². The fraction of sp³-hybridized carbons (Fsp3) is 0.571. The molecule has 2 aromatic rings. The smallest absolute Gasteiger partial charge is 0.152 e. The molecule has 8 heteroatoms. The summed E-state index contributed by atoms with van der Waals surface area (Å²) in [5.74, 6) is 3.92. The number of fused-ring (bicyclic) bond motifs is 1.